The van der Waals surface area contributed by atoms with Crippen molar-refractivity contribution in [3.8, 4) is 5.75 Å². The van der Waals surface area contributed by atoms with E-state index in [1.165, 1.54) is 0 Å². The van der Waals surface area contributed by atoms with Crippen LogP contribution in [0.1, 0.15) is 10.6 Å². The number of nitrogens with zero attached hydrogens (tertiary/aromatic N) is 1. The molecule has 1 aromatic heterocycles. The summed E-state index contributed by atoms with van der Waals surface area (Å²) in [6, 6.07) is 12.9. The maximum atomic E-state index is 10.4. The smallest absolute Gasteiger partial charge is 0.341 e. The number of carboxylic acid groups (broad SMARTS) is 1. The van der Waals surface area contributed by atoms with Crippen LogP contribution in [0.25, 0.3) is 22.4 Å². The highest BCUT2D eigenvalue weighted by atomic mass is 35.5. The molecule has 0 amide bonds. The van der Waals surface area contributed by atoms with Crippen molar-refractivity contribution in [2.75, 3.05) is 6.61 Å². The number of halogens is 1. The molecule has 3 rings (SSSR count). The maximum Gasteiger partial charge on any atom is 0.341 e. The summed E-state index contributed by atoms with van der Waals surface area (Å²) in [6.07, 6.45) is 3.88. The van der Waals surface area contributed by atoms with Gasteiger partial charge in [0.15, 0.2) is 6.61 Å². The molecule has 0 atom stereocenters. The molecule has 4 nitrogen and oxygen atoms in total. The maximum absolute atomic E-state index is 10.4. The number of fused-ring (bicyclic) bond motifs is 1. The molecular formula is C17H12ClNO3S. The fourth-order valence-electron chi connectivity index (χ4n) is 1.98. The highest BCUT2D eigenvalue weighted by Gasteiger charge is 2.02. The Morgan fingerprint density at radius 1 is 1.22 bits per heavy atom. The first-order chi connectivity index (χ1) is 11.1. The number of hydrogen-bond acceptors (Lipinski definition) is 4. The number of aliphatic carboxylic acids is 1. The molecule has 0 bridgehead atoms. The van der Waals surface area contributed by atoms with Crippen LogP contribution in [0.4, 0.5) is 0 Å². The summed E-state index contributed by atoms with van der Waals surface area (Å²) in [5.74, 6) is -0.468. The first kappa shape index (κ1) is 15.5. The average Bonchev–Trinajstić information content (AvgIpc) is 2.94. The van der Waals surface area contributed by atoms with Crippen LogP contribution in [0.2, 0.25) is 5.02 Å². The number of carboxylic acids is 1. The lowest BCUT2D eigenvalue weighted by Gasteiger charge is -2.02. The molecule has 0 aliphatic carbocycles. The average molecular weight is 346 g/mol. The second-order valence-electron chi connectivity index (χ2n) is 4.75. The third-order valence-corrected chi connectivity index (χ3v) is 4.26. The molecule has 6 heteroatoms. The van der Waals surface area contributed by atoms with Crippen LogP contribution in [0.15, 0.2) is 42.5 Å². The van der Waals surface area contributed by atoms with Crippen molar-refractivity contribution >= 4 is 51.3 Å². The minimum absolute atomic E-state index is 0.344. The topological polar surface area (TPSA) is 59.4 Å². The Balaban J connectivity index is 1.72. The zero-order valence-corrected chi connectivity index (χ0v) is 13.5. The first-order valence-electron chi connectivity index (χ1n) is 6.79. The van der Waals surface area contributed by atoms with Gasteiger partial charge in [0, 0.05) is 5.02 Å². The lowest BCUT2D eigenvalue weighted by atomic mass is 10.2. The van der Waals surface area contributed by atoms with Crippen molar-refractivity contribution in [2.45, 2.75) is 0 Å². The monoisotopic (exact) mass is 345 g/mol. The lowest BCUT2D eigenvalue weighted by Crippen LogP contribution is -2.09. The molecule has 116 valence electrons. The molecule has 0 saturated carbocycles. The molecule has 0 aliphatic rings. The van der Waals surface area contributed by atoms with Crippen LogP contribution in [0.5, 0.6) is 5.75 Å². The van der Waals surface area contributed by atoms with E-state index in [1.807, 2.05) is 42.5 Å². The molecule has 0 aliphatic heterocycles. The van der Waals surface area contributed by atoms with Crippen LogP contribution in [-0.2, 0) is 4.79 Å². The van der Waals surface area contributed by atoms with Gasteiger partial charge in [-0.25, -0.2) is 9.78 Å². The van der Waals surface area contributed by atoms with Gasteiger partial charge in [-0.05, 0) is 42.0 Å². The van der Waals surface area contributed by atoms with E-state index in [2.05, 4.69) is 4.98 Å². The third kappa shape index (κ3) is 4.09. The van der Waals surface area contributed by atoms with Gasteiger partial charge in [-0.3, -0.25) is 0 Å². The van der Waals surface area contributed by atoms with Gasteiger partial charge >= 0.3 is 5.97 Å². The van der Waals surface area contributed by atoms with Crippen LogP contribution < -0.4 is 4.74 Å². The van der Waals surface area contributed by atoms with Gasteiger partial charge in [0.25, 0.3) is 0 Å². The molecule has 0 spiro atoms. The van der Waals surface area contributed by atoms with Gasteiger partial charge < -0.3 is 9.84 Å². The molecule has 1 N–H and O–H groups in total. The second-order valence-corrected chi connectivity index (χ2v) is 6.25. The molecule has 3 aromatic rings. The van der Waals surface area contributed by atoms with Gasteiger partial charge in [-0.1, -0.05) is 29.8 Å². The van der Waals surface area contributed by atoms with Gasteiger partial charge in [0.2, 0.25) is 0 Å². The molecule has 23 heavy (non-hydrogen) atoms. The number of rotatable bonds is 5. The predicted octanol–water partition coefficient (Wildman–Crippen LogP) is 4.58. The summed E-state index contributed by atoms with van der Waals surface area (Å²) in [5.41, 5.74) is 1.87. The number of carbonyl (C=O) groups is 1. The molecule has 0 saturated heterocycles. The molecule has 1 heterocycles. The summed E-state index contributed by atoms with van der Waals surface area (Å²) in [7, 11) is 0. The number of benzene rings is 2. The molecular weight excluding hydrogens is 334 g/mol. The van der Waals surface area contributed by atoms with E-state index in [4.69, 9.17) is 21.4 Å². The van der Waals surface area contributed by atoms with E-state index < -0.39 is 5.97 Å². The summed E-state index contributed by atoms with van der Waals surface area (Å²) in [4.78, 5) is 15.0. The van der Waals surface area contributed by atoms with Gasteiger partial charge in [0.1, 0.15) is 10.8 Å². The summed E-state index contributed by atoms with van der Waals surface area (Å²) in [5, 5.41) is 10.1. The first-order valence-corrected chi connectivity index (χ1v) is 7.98. The zero-order chi connectivity index (χ0) is 16.2. The minimum atomic E-state index is -0.995. The van der Waals surface area contributed by atoms with Crippen molar-refractivity contribution in [2.24, 2.45) is 0 Å². The quantitative estimate of drug-likeness (QED) is 0.735. The summed E-state index contributed by atoms with van der Waals surface area (Å²) in [6.45, 7) is -0.344. The standard InChI is InChI=1S/C17H12ClNO3S/c18-12-4-7-15-14(9-12)19-16(23-15)8-3-11-1-5-13(6-2-11)22-10-17(20)21/h1-9H,10H2,(H,20,21)/b8-3+. The molecule has 2 aromatic carbocycles. The largest absolute Gasteiger partial charge is 0.482 e. The SMILES string of the molecule is O=C(O)COc1ccc(/C=C/c2nc3cc(Cl)ccc3s2)cc1. The van der Waals surface area contributed by atoms with E-state index in [1.54, 1.807) is 23.5 Å². The van der Waals surface area contributed by atoms with Crippen LogP contribution in [-0.4, -0.2) is 22.7 Å². The summed E-state index contributed by atoms with van der Waals surface area (Å²) < 4.78 is 6.18. The van der Waals surface area contributed by atoms with Crippen molar-refractivity contribution in [1.82, 2.24) is 4.98 Å². The van der Waals surface area contributed by atoms with E-state index >= 15 is 0 Å². The van der Waals surface area contributed by atoms with Crippen LogP contribution in [0.3, 0.4) is 0 Å². The Bertz CT molecular complexity index is 871. The Kier molecular flexibility index (Phi) is 4.60. The third-order valence-electron chi connectivity index (χ3n) is 3.03. The van der Waals surface area contributed by atoms with Crippen molar-refractivity contribution < 1.29 is 14.6 Å². The fourth-order valence-corrected chi connectivity index (χ4v) is 2.99. The zero-order valence-electron chi connectivity index (χ0n) is 11.9. The van der Waals surface area contributed by atoms with Crippen molar-refractivity contribution in [3.05, 3.63) is 58.1 Å². The number of thiazole rings is 1. The van der Waals surface area contributed by atoms with E-state index in [0.29, 0.717) is 10.8 Å². The van der Waals surface area contributed by atoms with Gasteiger partial charge in [-0.15, -0.1) is 11.3 Å². The Hall–Kier alpha value is -2.37. The highest BCUT2D eigenvalue weighted by molar-refractivity contribution is 7.19. The summed E-state index contributed by atoms with van der Waals surface area (Å²) >= 11 is 7.55. The van der Waals surface area contributed by atoms with E-state index in [9.17, 15) is 4.79 Å². The number of ether oxygens (including phenoxy) is 1. The van der Waals surface area contributed by atoms with E-state index in [0.717, 1.165) is 20.8 Å². The van der Waals surface area contributed by atoms with Crippen LogP contribution in [0, 0.1) is 0 Å². The fraction of sp³-hybridized carbons (Fsp3) is 0.0588. The van der Waals surface area contributed by atoms with Crippen LogP contribution >= 0.6 is 22.9 Å². The predicted molar refractivity (Wildman–Crippen MR) is 93.1 cm³/mol. The molecule has 0 unspecified atom stereocenters. The van der Waals surface area contributed by atoms with Crippen molar-refractivity contribution in [1.29, 1.82) is 0 Å². The normalized spacial score (nSPS) is 11.2. The Labute approximate surface area is 141 Å². The Morgan fingerprint density at radius 3 is 2.74 bits per heavy atom. The minimum Gasteiger partial charge on any atom is -0.482 e. The number of hydrogen-bond donors (Lipinski definition) is 1. The Morgan fingerprint density at radius 2 is 2.00 bits per heavy atom. The molecule has 0 fully saturated rings. The van der Waals surface area contributed by atoms with Gasteiger partial charge in [0.05, 0.1) is 10.2 Å². The molecule has 0 radical (unpaired) electrons. The number of aromatic nitrogens is 1. The van der Waals surface area contributed by atoms with Crippen molar-refractivity contribution in [3.63, 3.8) is 0 Å². The van der Waals surface area contributed by atoms with Gasteiger partial charge in [-0.2, -0.15) is 0 Å². The highest BCUT2D eigenvalue weighted by Crippen LogP contribution is 2.26. The van der Waals surface area contributed by atoms with E-state index in [-0.39, 0.29) is 6.61 Å². The lowest BCUT2D eigenvalue weighted by molar-refractivity contribution is -0.139. The second kappa shape index (κ2) is 6.81.